The summed E-state index contributed by atoms with van der Waals surface area (Å²) in [6.07, 6.45) is 5.46. The van der Waals surface area contributed by atoms with E-state index in [9.17, 15) is 0 Å². The molecule has 146 valence electrons. The molecule has 1 fully saturated rings. The van der Waals surface area contributed by atoms with Crippen molar-refractivity contribution in [1.29, 1.82) is 0 Å². The Hall–Kier alpha value is -2.66. The molecule has 0 aliphatic carbocycles. The summed E-state index contributed by atoms with van der Waals surface area (Å²) in [6.45, 7) is 6.42. The first-order valence-corrected chi connectivity index (χ1v) is 10.1. The van der Waals surface area contributed by atoms with Gasteiger partial charge in [-0.05, 0) is 57.5 Å². The van der Waals surface area contributed by atoms with Gasteiger partial charge in [0.25, 0.3) is 0 Å². The van der Waals surface area contributed by atoms with Gasteiger partial charge in [-0.15, -0.1) is 0 Å². The van der Waals surface area contributed by atoms with Crippen LogP contribution < -0.4 is 4.74 Å². The maximum atomic E-state index is 6.04. The minimum Gasteiger partial charge on any atom is -0.493 e. The number of nitrogens with zero attached hydrogens (tertiary/aromatic N) is 3. The van der Waals surface area contributed by atoms with Crippen LogP contribution in [0.15, 0.2) is 53.1 Å². The predicted molar refractivity (Wildman–Crippen MR) is 109 cm³/mol. The highest BCUT2D eigenvalue weighted by Gasteiger charge is 2.27. The number of aryl methyl sites for hydroxylation is 1. The molecule has 1 aliphatic heterocycles. The molecule has 0 N–H and O–H groups in total. The zero-order chi connectivity index (χ0) is 19.3. The van der Waals surface area contributed by atoms with Crippen LogP contribution in [0.25, 0.3) is 11.5 Å². The van der Waals surface area contributed by atoms with E-state index in [1.165, 1.54) is 12.8 Å². The number of pyridine rings is 1. The fraction of sp³-hybridized carbons (Fsp3) is 0.391. The number of ether oxygens (including phenoxy) is 1. The van der Waals surface area contributed by atoms with Crippen LogP contribution in [-0.4, -0.2) is 28.0 Å². The summed E-state index contributed by atoms with van der Waals surface area (Å²) < 4.78 is 11.8. The van der Waals surface area contributed by atoms with Crippen molar-refractivity contribution < 1.29 is 9.15 Å². The zero-order valence-electron chi connectivity index (χ0n) is 16.6. The first-order chi connectivity index (χ1) is 13.8. The number of rotatable bonds is 6. The third-order valence-electron chi connectivity index (χ3n) is 5.31. The maximum absolute atomic E-state index is 6.04. The van der Waals surface area contributed by atoms with Crippen LogP contribution in [0.5, 0.6) is 5.75 Å². The number of hydrogen-bond donors (Lipinski definition) is 0. The molecule has 2 aromatic heterocycles. The normalized spacial score (nSPS) is 17.6. The van der Waals surface area contributed by atoms with Crippen LogP contribution in [-0.2, 0) is 6.54 Å². The van der Waals surface area contributed by atoms with Crippen molar-refractivity contribution in [3.05, 3.63) is 65.8 Å². The lowest BCUT2D eigenvalue weighted by Crippen LogP contribution is -2.33. The molecule has 1 aromatic carbocycles. The minimum absolute atomic E-state index is 0.338. The van der Waals surface area contributed by atoms with Gasteiger partial charge in [0.2, 0.25) is 5.89 Å². The van der Waals surface area contributed by atoms with E-state index in [0.717, 1.165) is 48.0 Å². The van der Waals surface area contributed by atoms with Gasteiger partial charge in [0, 0.05) is 12.7 Å². The second-order valence-corrected chi connectivity index (χ2v) is 7.19. The highest BCUT2D eigenvalue weighted by Crippen LogP contribution is 2.34. The van der Waals surface area contributed by atoms with E-state index in [0.29, 0.717) is 18.5 Å². The van der Waals surface area contributed by atoms with Gasteiger partial charge in [0.15, 0.2) is 0 Å². The molecular weight excluding hydrogens is 350 g/mol. The average molecular weight is 377 g/mol. The number of hydrogen-bond acceptors (Lipinski definition) is 5. The van der Waals surface area contributed by atoms with Gasteiger partial charge < -0.3 is 9.15 Å². The number of oxazole rings is 1. The largest absolute Gasteiger partial charge is 0.493 e. The van der Waals surface area contributed by atoms with Crippen LogP contribution in [0.1, 0.15) is 49.4 Å². The molecule has 1 atom stereocenters. The van der Waals surface area contributed by atoms with Crippen molar-refractivity contribution >= 4 is 0 Å². The van der Waals surface area contributed by atoms with Crippen molar-refractivity contribution in [1.82, 2.24) is 14.9 Å². The Labute approximate surface area is 166 Å². The molecule has 0 amide bonds. The molecule has 4 rings (SSSR count). The highest BCUT2D eigenvalue weighted by molar-refractivity contribution is 5.63. The third-order valence-corrected chi connectivity index (χ3v) is 5.31. The van der Waals surface area contributed by atoms with E-state index in [1.807, 2.05) is 50.4 Å². The molecule has 3 aromatic rings. The summed E-state index contributed by atoms with van der Waals surface area (Å²) in [5.41, 5.74) is 3.04. The number of aromatic nitrogens is 2. The highest BCUT2D eigenvalue weighted by atomic mass is 16.5. The van der Waals surface area contributed by atoms with Gasteiger partial charge >= 0.3 is 0 Å². The Kier molecular flexibility index (Phi) is 5.72. The standard InChI is InChI=1S/C23H27N3O2/c1-3-27-22-13-5-4-10-18(22)23-25-20(17(2)28-23)16-26-15-9-7-12-21(26)19-11-6-8-14-24-19/h4-6,8,10-11,13-14,21H,3,7,9,12,15-16H2,1-2H3/t21-/m1/s1. The number of piperidine rings is 1. The topological polar surface area (TPSA) is 51.4 Å². The van der Waals surface area contributed by atoms with Gasteiger partial charge in [-0.2, -0.15) is 0 Å². The maximum Gasteiger partial charge on any atom is 0.230 e. The molecule has 5 heteroatoms. The Morgan fingerprint density at radius 2 is 2.00 bits per heavy atom. The van der Waals surface area contributed by atoms with Gasteiger partial charge in [-0.3, -0.25) is 9.88 Å². The Morgan fingerprint density at radius 1 is 1.14 bits per heavy atom. The summed E-state index contributed by atoms with van der Waals surface area (Å²) in [5.74, 6) is 2.30. The molecule has 1 aliphatic rings. The smallest absolute Gasteiger partial charge is 0.230 e. The number of likely N-dealkylation sites (tertiary alicyclic amines) is 1. The van der Waals surface area contributed by atoms with Crippen LogP contribution in [0.4, 0.5) is 0 Å². The lowest BCUT2D eigenvalue weighted by Gasteiger charge is -2.34. The van der Waals surface area contributed by atoms with Gasteiger partial charge in [0.05, 0.1) is 29.6 Å². The Morgan fingerprint density at radius 3 is 2.82 bits per heavy atom. The molecule has 3 heterocycles. The predicted octanol–water partition coefficient (Wildman–Crippen LogP) is 5.17. The molecule has 28 heavy (non-hydrogen) atoms. The number of para-hydroxylation sites is 1. The Balaban J connectivity index is 1.59. The van der Waals surface area contributed by atoms with Crippen molar-refractivity contribution in [2.45, 2.75) is 45.7 Å². The summed E-state index contributed by atoms with van der Waals surface area (Å²) in [5, 5.41) is 0. The lowest BCUT2D eigenvalue weighted by molar-refractivity contribution is 0.135. The molecule has 0 spiro atoms. The summed E-state index contributed by atoms with van der Waals surface area (Å²) in [4.78, 5) is 11.9. The van der Waals surface area contributed by atoms with Crippen molar-refractivity contribution in [3.8, 4) is 17.2 Å². The second kappa shape index (κ2) is 8.57. The van der Waals surface area contributed by atoms with Gasteiger partial charge in [0.1, 0.15) is 11.5 Å². The first-order valence-electron chi connectivity index (χ1n) is 10.1. The quantitative estimate of drug-likeness (QED) is 0.593. The molecular formula is C23H27N3O2. The van der Waals surface area contributed by atoms with E-state index < -0.39 is 0 Å². The van der Waals surface area contributed by atoms with Crippen LogP contribution in [0, 0.1) is 6.92 Å². The summed E-state index contributed by atoms with van der Waals surface area (Å²) in [7, 11) is 0. The average Bonchev–Trinajstić information content (AvgIpc) is 3.10. The van der Waals surface area contributed by atoms with E-state index in [1.54, 1.807) is 0 Å². The SMILES string of the molecule is CCOc1ccccc1-c1nc(CN2CCCC[C@@H]2c2ccccn2)c(C)o1. The molecule has 0 saturated carbocycles. The third kappa shape index (κ3) is 3.94. The first kappa shape index (κ1) is 18.7. The zero-order valence-corrected chi connectivity index (χ0v) is 16.6. The van der Waals surface area contributed by atoms with Gasteiger partial charge in [-0.25, -0.2) is 4.98 Å². The van der Waals surface area contributed by atoms with Crippen molar-refractivity contribution in [2.75, 3.05) is 13.2 Å². The lowest BCUT2D eigenvalue weighted by atomic mass is 9.98. The molecule has 0 unspecified atom stereocenters. The molecule has 5 nitrogen and oxygen atoms in total. The second-order valence-electron chi connectivity index (χ2n) is 7.19. The van der Waals surface area contributed by atoms with E-state index in [2.05, 4.69) is 22.0 Å². The van der Waals surface area contributed by atoms with Crippen LogP contribution in [0.3, 0.4) is 0 Å². The molecule has 0 radical (unpaired) electrons. The number of benzene rings is 1. The molecule has 0 bridgehead atoms. The van der Waals surface area contributed by atoms with E-state index >= 15 is 0 Å². The summed E-state index contributed by atoms with van der Waals surface area (Å²) >= 11 is 0. The Bertz CT molecular complexity index is 907. The van der Waals surface area contributed by atoms with Gasteiger partial charge in [-0.1, -0.05) is 24.6 Å². The minimum atomic E-state index is 0.338. The van der Waals surface area contributed by atoms with Crippen LogP contribution >= 0.6 is 0 Å². The summed E-state index contributed by atoms with van der Waals surface area (Å²) in [6, 6.07) is 14.4. The van der Waals surface area contributed by atoms with Crippen molar-refractivity contribution in [2.24, 2.45) is 0 Å². The monoisotopic (exact) mass is 377 g/mol. The van der Waals surface area contributed by atoms with Crippen molar-refractivity contribution in [3.63, 3.8) is 0 Å². The van der Waals surface area contributed by atoms with Crippen LogP contribution in [0.2, 0.25) is 0 Å². The fourth-order valence-corrected chi connectivity index (χ4v) is 3.90. The molecule has 1 saturated heterocycles. The van der Waals surface area contributed by atoms with E-state index in [4.69, 9.17) is 14.1 Å². The fourth-order valence-electron chi connectivity index (χ4n) is 3.90. The van der Waals surface area contributed by atoms with E-state index in [-0.39, 0.29) is 0 Å².